The number of aromatic nitrogens is 2. The minimum Gasteiger partial charge on any atom is -0.340 e. The predicted molar refractivity (Wildman–Crippen MR) is 136 cm³/mol. The third-order valence-electron chi connectivity index (χ3n) is 7.79. The molecule has 36 heavy (non-hydrogen) atoms. The lowest BCUT2D eigenvalue weighted by atomic mass is 9.93. The summed E-state index contributed by atoms with van der Waals surface area (Å²) in [4.78, 5) is 22.0. The van der Waals surface area contributed by atoms with Crippen molar-refractivity contribution in [3.05, 3.63) is 29.1 Å². The summed E-state index contributed by atoms with van der Waals surface area (Å²) in [6, 6.07) is 5.34. The molecule has 3 heterocycles. The number of piperazine rings is 1. The summed E-state index contributed by atoms with van der Waals surface area (Å²) in [6.45, 7) is 5.46. The molecule has 2 saturated heterocycles. The van der Waals surface area contributed by atoms with E-state index in [-0.39, 0.29) is 28.3 Å². The fraction of sp³-hybridized carbons (Fsp3) is 0.640. The quantitative estimate of drug-likeness (QED) is 0.577. The van der Waals surface area contributed by atoms with Crippen LogP contribution in [0.4, 0.5) is 0 Å². The Balaban J connectivity index is 1.26. The van der Waals surface area contributed by atoms with Crippen LogP contribution in [-0.2, 0) is 14.8 Å². The Morgan fingerprint density at radius 2 is 1.78 bits per heavy atom. The summed E-state index contributed by atoms with van der Waals surface area (Å²) in [5.74, 6) is 0.429. The van der Waals surface area contributed by atoms with E-state index in [0.717, 1.165) is 26.2 Å². The van der Waals surface area contributed by atoms with Gasteiger partial charge >= 0.3 is 0 Å². The Morgan fingerprint density at radius 1 is 1.03 bits per heavy atom. The third-order valence-corrected chi connectivity index (χ3v) is 10.1. The van der Waals surface area contributed by atoms with Crippen molar-refractivity contribution in [2.45, 2.75) is 62.8 Å². The number of hydrogen-bond acceptors (Lipinski definition) is 7. The fourth-order valence-corrected chi connectivity index (χ4v) is 7.79. The van der Waals surface area contributed by atoms with Crippen LogP contribution in [0.2, 0.25) is 5.02 Å². The molecule has 0 spiro atoms. The van der Waals surface area contributed by atoms with Gasteiger partial charge in [-0.05, 0) is 43.9 Å². The van der Waals surface area contributed by atoms with Gasteiger partial charge in [-0.15, -0.1) is 0 Å². The standard InChI is InChI=1S/C25H34ClN5O4S/c1-18-27-24(28-35-18)19-9-10-22(26)23(16-19)36(33,34)31-11-5-6-20(17-31)25(32)30-14-12-29(13-15-30)21-7-3-2-4-8-21/h9-10,16,20-21H,2-8,11-15,17H2,1H3/t20-/m1/s1. The number of rotatable bonds is 5. The van der Waals surface area contributed by atoms with E-state index in [1.54, 1.807) is 13.0 Å². The first-order chi connectivity index (χ1) is 17.3. The Morgan fingerprint density at radius 3 is 2.47 bits per heavy atom. The van der Waals surface area contributed by atoms with Crippen LogP contribution < -0.4 is 0 Å². The summed E-state index contributed by atoms with van der Waals surface area (Å²) >= 11 is 6.34. The van der Waals surface area contributed by atoms with E-state index in [2.05, 4.69) is 15.0 Å². The van der Waals surface area contributed by atoms with E-state index in [1.807, 2.05) is 4.90 Å². The Bertz CT molecular complexity index is 1190. The lowest BCUT2D eigenvalue weighted by Gasteiger charge is -2.42. The molecule has 2 aliphatic heterocycles. The number of sulfonamides is 1. The lowest BCUT2D eigenvalue weighted by Crippen LogP contribution is -2.55. The number of hydrogen-bond donors (Lipinski definition) is 0. The molecule has 1 aliphatic carbocycles. The van der Waals surface area contributed by atoms with E-state index in [9.17, 15) is 13.2 Å². The molecule has 1 atom stereocenters. The second-order valence-electron chi connectivity index (χ2n) is 10.1. The summed E-state index contributed by atoms with van der Waals surface area (Å²) in [6.07, 6.45) is 7.81. The average molecular weight is 536 g/mol. The molecule has 5 rings (SSSR count). The minimum atomic E-state index is -3.90. The molecule has 3 aliphatic rings. The topological polar surface area (TPSA) is 99.8 Å². The normalized spacial score (nSPS) is 23.2. The van der Waals surface area contributed by atoms with Crippen molar-refractivity contribution in [3.8, 4) is 11.4 Å². The minimum absolute atomic E-state index is 0.00156. The molecule has 0 bridgehead atoms. The van der Waals surface area contributed by atoms with Crippen LogP contribution in [0.25, 0.3) is 11.4 Å². The molecule has 0 unspecified atom stereocenters. The predicted octanol–water partition coefficient (Wildman–Crippen LogP) is 3.58. The number of carbonyl (C=O) groups is 1. The lowest BCUT2D eigenvalue weighted by molar-refractivity contribution is -0.138. The van der Waals surface area contributed by atoms with Gasteiger partial charge in [-0.2, -0.15) is 9.29 Å². The van der Waals surface area contributed by atoms with Crippen molar-refractivity contribution in [1.82, 2.24) is 24.2 Å². The molecule has 1 saturated carbocycles. The maximum atomic E-state index is 13.6. The smallest absolute Gasteiger partial charge is 0.244 e. The van der Waals surface area contributed by atoms with Gasteiger partial charge < -0.3 is 9.42 Å². The van der Waals surface area contributed by atoms with Gasteiger partial charge in [0, 0.05) is 57.8 Å². The average Bonchev–Trinajstić information content (AvgIpc) is 3.35. The zero-order chi connectivity index (χ0) is 25.3. The molecular weight excluding hydrogens is 502 g/mol. The molecule has 196 valence electrons. The molecule has 1 aromatic carbocycles. The Kier molecular flexibility index (Phi) is 7.67. The molecule has 1 aromatic heterocycles. The highest BCUT2D eigenvalue weighted by Gasteiger charge is 2.37. The van der Waals surface area contributed by atoms with Crippen molar-refractivity contribution < 1.29 is 17.7 Å². The highest BCUT2D eigenvalue weighted by molar-refractivity contribution is 7.89. The van der Waals surface area contributed by atoms with Crippen LogP contribution in [-0.4, -0.2) is 83.9 Å². The monoisotopic (exact) mass is 535 g/mol. The van der Waals surface area contributed by atoms with Crippen LogP contribution in [0.1, 0.15) is 50.8 Å². The zero-order valence-corrected chi connectivity index (χ0v) is 22.3. The van der Waals surface area contributed by atoms with Gasteiger partial charge in [0.25, 0.3) is 0 Å². The second-order valence-corrected chi connectivity index (χ2v) is 12.5. The molecule has 0 N–H and O–H groups in total. The zero-order valence-electron chi connectivity index (χ0n) is 20.7. The summed E-state index contributed by atoms with van der Waals surface area (Å²) in [5.41, 5.74) is 0.510. The molecule has 11 heteroatoms. The largest absolute Gasteiger partial charge is 0.340 e. The van der Waals surface area contributed by atoms with Crippen LogP contribution in [0.15, 0.2) is 27.6 Å². The molecule has 9 nitrogen and oxygen atoms in total. The van der Waals surface area contributed by atoms with E-state index >= 15 is 0 Å². The van der Waals surface area contributed by atoms with Crippen LogP contribution in [0, 0.1) is 12.8 Å². The number of nitrogens with zero attached hydrogens (tertiary/aromatic N) is 5. The number of carbonyl (C=O) groups excluding carboxylic acids is 1. The van der Waals surface area contributed by atoms with Crippen molar-refractivity contribution in [3.63, 3.8) is 0 Å². The van der Waals surface area contributed by atoms with Crippen molar-refractivity contribution in [2.24, 2.45) is 5.92 Å². The first-order valence-corrected chi connectivity index (χ1v) is 14.8. The van der Waals surface area contributed by atoms with Gasteiger partial charge in [-0.1, -0.05) is 36.0 Å². The number of amides is 1. The van der Waals surface area contributed by atoms with Gasteiger partial charge in [0.15, 0.2) is 0 Å². The number of aryl methyl sites for hydroxylation is 1. The molecule has 2 aromatic rings. The number of piperidine rings is 1. The van der Waals surface area contributed by atoms with Gasteiger partial charge in [-0.3, -0.25) is 9.69 Å². The van der Waals surface area contributed by atoms with Crippen molar-refractivity contribution in [1.29, 1.82) is 0 Å². The summed E-state index contributed by atoms with van der Waals surface area (Å²) in [5, 5.41) is 4.01. The van der Waals surface area contributed by atoms with Gasteiger partial charge in [0.2, 0.25) is 27.6 Å². The third kappa shape index (κ3) is 5.32. The van der Waals surface area contributed by atoms with E-state index < -0.39 is 10.0 Å². The molecular formula is C25H34ClN5O4S. The Labute approximate surface area is 217 Å². The van der Waals surface area contributed by atoms with Gasteiger partial charge in [0.1, 0.15) is 4.90 Å². The Hall–Kier alpha value is -2.01. The second kappa shape index (κ2) is 10.8. The maximum absolute atomic E-state index is 13.6. The maximum Gasteiger partial charge on any atom is 0.244 e. The fourth-order valence-electron chi connectivity index (χ4n) is 5.77. The molecule has 0 radical (unpaired) electrons. The number of benzene rings is 1. The van der Waals surface area contributed by atoms with Crippen LogP contribution >= 0.6 is 11.6 Å². The molecule has 1 amide bonds. The first kappa shape index (κ1) is 25.6. The first-order valence-electron chi connectivity index (χ1n) is 13.0. The summed E-state index contributed by atoms with van der Waals surface area (Å²) < 4.78 is 33.6. The van der Waals surface area contributed by atoms with E-state index in [0.29, 0.717) is 42.7 Å². The van der Waals surface area contributed by atoms with E-state index in [1.165, 1.54) is 48.5 Å². The van der Waals surface area contributed by atoms with E-state index in [4.69, 9.17) is 16.1 Å². The summed E-state index contributed by atoms with van der Waals surface area (Å²) in [7, 11) is -3.90. The highest BCUT2D eigenvalue weighted by atomic mass is 35.5. The highest BCUT2D eigenvalue weighted by Crippen LogP contribution is 2.32. The van der Waals surface area contributed by atoms with Crippen molar-refractivity contribution >= 4 is 27.5 Å². The SMILES string of the molecule is Cc1nc(-c2ccc(Cl)c(S(=O)(=O)N3CCC[C@@H](C(=O)N4CCN(C5CCCCC5)CC4)C3)c2)no1. The van der Waals surface area contributed by atoms with Crippen molar-refractivity contribution in [2.75, 3.05) is 39.3 Å². The van der Waals surface area contributed by atoms with Crippen LogP contribution in [0.5, 0.6) is 0 Å². The van der Waals surface area contributed by atoms with Crippen LogP contribution in [0.3, 0.4) is 0 Å². The van der Waals surface area contributed by atoms with Gasteiger partial charge in [0.05, 0.1) is 10.9 Å². The van der Waals surface area contributed by atoms with Gasteiger partial charge in [-0.25, -0.2) is 8.42 Å². The molecule has 3 fully saturated rings. The number of halogens is 1.